The van der Waals surface area contributed by atoms with E-state index in [1.165, 1.54) is 6.20 Å². The average molecular weight is 432 g/mol. The van der Waals surface area contributed by atoms with Gasteiger partial charge in [-0.25, -0.2) is 19.3 Å². The molecule has 0 atom stereocenters. The molecule has 0 unspecified atom stereocenters. The van der Waals surface area contributed by atoms with Crippen molar-refractivity contribution in [3.63, 3.8) is 0 Å². The molecule has 1 aliphatic heterocycles. The Kier molecular flexibility index (Phi) is 5.45. The molecule has 0 saturated carbocycles. The van der Waals surface area contributed by atoms with Crippen LogP contribution in [0.5, 0.6) is 0 Å². The highest BCUT2D eigenvalue weighted by molar-refractivity contribution is 5.95. The smallest absolute Gasteiger partial charge is 0.229 e. The van der Waals surface area contributed by atoms with Crippen LogP contribution in [0.15, 0.2) is 55.0 Å². The Morgan fingerprint density at radius 1 is 1.03 bits per heavy atom. The van der Waals surface area contributed by atoms with Crippen molar-refractivity contribution >= 4 is 28.4 Å². The first-order chi connectivity index (χ1) is 15.6. The summed E-state index contributed by atoms with van der Waals surface area (Å²) in [6, 6.07) is 12.2. The highest BCUT2D eigenvalue weighted by atomic mass is 19.1. The van der Waals surface area contributed by atoms with Gasteiger partial charge in [0.25, 0.3) is 0 Å². The highest BCUT2D eigenvalue weighted by Gasteiger charge is 2.17. The lowest BCUT2D eigenvalue weighted by atomic mass is 10.1. The third kappa shape index (κ3) is 3.89. The number of hydrogen-bond donors (Lipinski definition) is 2. The number of aromatic nitrogens is 4. The maximum atomic E-state index is 14.8. The number of rotatable bonds is 5. The van der Waals surface area contributed by atoms with Gasteiger partial charge in [-0.15, -0.1) is 0 Å². The quantitative estimate of drug-likeness (QED) is 0.489. The lowest BCUT2D eigenvalue weighted by Crippen LogP contribution is -2.43. The average Bonchev–Trinajstić information content (AvgIpc) is 3.21. The van der Waals surface area contributed by atoms with Crippen molar-refractivity contribution in [2.24, 2.45) is 0 Å². The highest BCUT2D eigenvalue weighted by Crippen LogP contribution is 2.33. The van der Waals surface area contributed by atoms with E-state index in [4.69, 9.17) is 0 Å². The molecule has 5 rings (SSSR count). The van der Waals surface area contributed by atoms with E-state index in [-0.39, 0.29) is 11.7 Å². The fourth-order valence-corrected chi connectivity index (χ4v) is 4.12. The summed E-state index contributed by atoms with van der Waals surface area (Å²) in [5, 5.41) is 7.42. The fraction of sp³-hybridized carbons (Fsp3) is 0.292. The predicted octanol–water partition coefficient (Wildman–Crippen LogP) is 4.37. The van der Waals surface area contributed by atoms with E-state index in [0.717, 1.165) is 48.3 Å². The number of piperazine rings is 1. The topological polar surface area (TPSA) is 70.9 Å². The van der Waals surface area contributed by atoms with E-state index in [0.29, 0.717) is 11.8 Å². The first kappa shape index (κ1) is 20.4. The summed E-state index contributed by atoms with van der Waals surface area (Å²) in [7, 11) is 0. The number of para-hydroxylation sites is 1. The summed E-state index contributed by atoms with van der Waals surface area (Å²) in [4.78, 5) is 15.4. The molecule has 8 heteroatoms. The number of nitrogens with zero attached hydrogens (tertiary/aromatic N) is 5. The van der Waals surface area contributed by atoms with E-state index >= 15 is 0 Å². The van der Waals surface area contributed by atoms with Crippen LogP contribution in [-0.2, 0) is 0 Å². The molecule has 4 heterocycles. The van der Waals surface area contributed by atoms with E-state index < -0.39 is 5.82 Å². The zero-order chi connectivity index (χ0) is 22.1. The molecule has 0 aliphatic carbocycles. The van der Waals surface area contributed by atoms with Gasteiger partial charge in [-0.2, -0.15) is 0 Å². The van der Waals surface area contributed by atoms with Crippen LogP contribution in [0.3, 0.4) is 0 Å². The molecule has 1 fully saturated rings. The fourth-order valence-electron chi connectivity index (χ4n) is 4.12. The van der Waals surface area contributed by atoms with E-state index in [2.05, 4.69) is 48.9 Å². The summed E-state index contributed by atoms with van der Waals surface area (Å²) in [6.45, 7) is 8.08. The first-order valence-corrected chi connectivity index (χ1v) is 10.9. The molecule has 1 aromatic carbocycles. The van der Waals surface area contributed by atoms with Crippen LogP contribution in [0.25, 0.3) is 22.2 Å². The second-order valence-electron chi connectivity index (χ2n) is 8.21. The molecule has 0 bridgehead atoms. The van der Waals surface area contributed by atoms with Crippen LogP contribution in [0.1, 0.15) is 19.9 Å². The number of halogens is 1. The Balaban J connectivity index is 1.44. The maximum absolute atomic E-state index is 14.8. The van der Waals surface area contributed by atoms with Gasteiger partial charge in [0, 0.05) is 54.9 Å². The normalized spacial score (nSPS) is 14.3. The Labute approximate surface area is 186 Å². The summed E-state index contributed by atoms with van der Waals surface area (Å²) in [6.07, 6.45) is 5.01. The zero-order valence-electron chi connectivity index (χ0n) is 18.2. The zero-order valence-corrected chi connectivity index (χ0v) is 18.2. The van der Waals surface area contributed by atoms with Gasteiger partial charge >= 0.3 is 0 Å². The summed E-state index contributed by atoms with van der Waals surface area (Å²) in [5.74, 6) is 0.473. The molecule has 0 amide bonds. The molecular weight excluding hydrogens is 405 g/mol. The summed E-state index contributed by atoms with van der Waals surface area (Å²) >= 11 is 0. The third-order valence-electron chi connectivity index (χ3n) is 5.77. The summed E-state index contributed by atoms with van der Waals surface area (Å²) in [5.41, 5.74) is 3.16. The minimum atomic E-state index is -0.454. The Hall–Kier alpha value is -3.52. The van der Waals surface area contributed by atoms with Crippen LogP contribution in [0.4, 0.5) is 21.8 Å². The Bertz CT molecular complexity index is 1230. The Morgan fingerprint density at radius 3 is 2.59 bits per heavy atom. The SMILES string of the molecule is CC(C)n1cc(-c2nc(Nc3ccc(N4CCNCC4)cn3)ncc2F)c2ccccc21. The van der Waals surface area contributed by atoms with Gasteiger partial charge in [0.1, 0.15) is 11.5 Å². The van der Waals surface area contributed by atoms with Crippen molar-refractivity contribution in [3.05, 3.63) is 60.8 Å². The van der Waals surface area contributed by atoms with Gasteiger partial charge in [0.05, 0.1) is 18.1 Å². The van der Waals surface area contributed by atoms with Gasteiger partial charge in [0.2, 0.25) is 5.95 Å². The maximum Gasteiger partial charge on any atom is 0.229 e. The monoisotopic (exact) mass is 431 g/mol. The van der Waals surface area contributed by atoms with Gasteiger partial charge in [0.15, 0.2) is 5.82 Å². The number of nitrogens with one attached hydrogen (secondary N) is 2. The lowest BCUT2D eigenvalue weighted by Gasteiger charge is -2.29. The van der Waals surface area contributed by atoms with Crippen molar-refractivity contribution in [1.82, 2.24) is 24.8 Å². The van der Waals surface area contributed by atoms with Crippen molar-refractivity contribution in [2.75, 3.05) is 36.4 Å². The van der Waals surface area contributed by atoms with E-state index in [1.54, 1.807) is 0 Å². The molecule has 32 heavy (non-hydrogen) atoms. The number of anilines is 3. The second-order valence-corrected chi connectivity index (χ2v) is 8.21. The molecule has 0 spiro atoms. The van der Waals surface area contributed by atoms with Gasteiger partial charge in [-0.1, -0.05) is 18.2 Å². The van der Waals surface area contributed by atoms with Crippen molar-refractivity contribution < 1.29 is 4.39 Å². The van der Waals surface area contributed by atoms with E-state index in [1.807, 2.05) is 48.8 Å². The molecule has 0 radical (unpaired) electrons. The lowest BCUT2D eigenvalue weighted by molar-refractivity contribution is 0.589. The van der Waals surface area contributed by atoms with Crippen LogP contribution in [0.2, 0.25) is 0 Å². The van der Waals surface area contributed by atoms with Crippen molar-refractivity contribution in [1.29, 1.82) is 0 Å². The molecular formula is C24H26FN7. The van der Waals surface area contributed by atoms with Crippen molar-refractivity contribution in [2.45, 2.75) is 19.9 Å². The molecule has 1 aliphatic rings. The Morgan fingerprint density at radius 2 is 1.84 bits per heavy atom. The molecule has 3 aromatic heterocycles. The van der Waals surface area contributed by atoms with Crippen molar-refractivity contribution in [3.8, 4) is 11.3 Å². The first-order valence-electron chi connectivity index (χ1n) is 10.9. The van der Waals surface area contributed by atoms with Crippen LogP contribution < -0.4 is 15.5 Å². The van der Waals surface area contributed by atoms with Crippen LogP contribution >= 0.6 is 0 Å². The minimum absolute atomic E-state index is 0.245. The molecule has 2 N–H and O–H groups in total. The third-order valence-corrected chi connectivity index (χ3v) is 5.77. The molecule has 164 valence electrons. The van der Waals surface area contributed by atoms with Crippen LogP contribution in [0, 0.1) is 5.82 Å². The standard InChI is InChI=1S/C24H26FN7/c1-16(2)32-15-19(18-5-3-4-6-21(18)32)23-20(25)14-28-24(30-23)29-22-8-7-17(13-27-22)31-11-9-26-10-12-31/h3-8,13-16,26H,9-12H2,1-2H3,(H,27,28,29,30). The number of hydrogen-bond acceptors (Lipinski definition) is 6. The summed E-state index contributed by atoms with van der Waals surface area (Å²) < 4.78 is 16.9. The largest absolute Gasteiger partial charge is 0.368 e. The van der Waals surface area contributed by atoms with E-state index in [9.17, 15) is 4.39 Å². The second kappa shape index (κ2) is 8.55. The van der Waals surface area contributed by atoms with Gasteiger partial charge in [-0.05, 0) is 32.0 Å². The number of benzene rings is 1. The number of fused-ring (bicyclic) bond motifs is 1. The minimum Gasteiger partial charge on any atom is -0.368 e. The molecule has 7 nitrogen and oxygen atoms in total. The van der Waals surface area contributed by atoms with Gasteiger partial charge in [-0.3, -0.25) is 0 Å². The molecule has 1 saturated heterocycles. The van der Waals surface area contributed by atoms with Gasteiger partial charge < -0.3 is 20.1 Å². The number of pyridine rings is 1. The molecule has 4 aromatic rings. The van der Waals surface area contributed by atoms with Crippen LogP contribution in [-0.4, -0.2) is 45.7 Å². The predicted molar refractivity (Wildman–Crippen MR) is 126 cm³/mol.